The zero-order valence-corrected chi connectivity index (χ0v) is 11.7. The van der Waals surface area contributed by atoms with E-state index in [4.69, 9.17) is 4.74 Å². The van der Waals surface area contributed by atoms with Crippen molar-refractivity contribution in [1.82, 2.24) is 10.3 Å². The van der Waals surface area contributed by atoms with Crippen LogP contribution in [0.2, 0.25) is 0 Å². The van der Waals surface area contributed by atoms with Gasteiger partial charge < -0.3 is 10.1 Å². The SMILES string of the molecule is COCCNCC(C)Cc1cccc2ncccc12. The molecule has 0 bridgehead atoms. The summed E-state index contributed by atoms with van der Waals surface area (Å²) in [5, 5.41) is 4.69. The molecule has 1 aromatic carbocycles. The van der Waals surface area contributed by atoms with Gasteiger partial charge in [0.25, 0.3) is 0 Å². The Morgan fingerprint density at radius 1 is 1.26 bits per heavy atom. The van der Waals surface area contributed by atoms with Gasteiger partial charge in [0.15, 0.2) is 0 Å². The van der Waals surface area contributed by atoms with Crippen LogP contribution in [0.15, 0.2) is 36.5 Å². The molecule has 0 aliphatic rings. The fourth-order valence-electron chi connectivity index (χ4n) is 2.32. The number of nitrogens with one attached hydrogen (secondary N) is 1. The van der Waals surface area contributed by atoms with Crippen molar-refractivity contribution in [2.45, 2.75) is 13.3 Å². The van der Waals surface area contributed by atoms with Crippen molar-refractivity contribution < 1.29 is 4.74 Å². The highest BCUT2D eigenvalue weighted by atomic mass is 16.5. The van der Waals surface area contributed by atoms with Crippen molar-refractivity contribution in [2.24, 2.45) is 5.92 Å². The van der Waals surface area contributed by atoms with Gasteiger partial charge >= 0.3 is 0 Å². The maximum absolute atomic E-state index is 5.03. The molecule has 0 amide bonds. The first-order valence-electron chi connectivity index (χ1n) is 6.83. The summed E-state index contributed by atoms with van der Waals surface area (Å²) in [6.07, 6.45) is 2.92. The molecule has 3 nitrogen and oxygen atoms in total. The van der Waals surface area contributed by atoms with Gasteiger partial charge in [0.05, 0.1) is 12.1 Å². The minimum absolute atomic E-state index is 0.600. The van der Waals surface area contributed by atoms with Gasteiger partial charge in [0.2, 0.25) is 0 Å². The highest BCUT2D eigenvalue weighted by Crippen LogP contribution is 2.19. The van der Waals surface area contributed by atoms with Crippen molar-refractivity contribution in [3.8, 4) is 0 Å². The molecule has 0 fully saturated rings. The van der Waals surface area contributed by atoms with E-state index < -0.39 is 0 Å². The minimum Gasteiger partial charge on any atom is -0.383 e. The van der Waals surface area contributed by atoms with E-state index in [-0.39, 0.29) is 0 Å². The first-order valence-corrected chi connectivity index (χ1v) is 6.83. The topological polar surface area (TPSA) is 34.1 Å². The lowest BCUT2D eigenvalue weighted by Gasteiger charge is -2.14. The molecule has 0 radical (unpaired) electrons. The van der Waals surface area contributed by atoms with E-state index in [2.05, 4.69) is 41.5 Å². The van der Waals surface area contributed by atoms with Crippen LogP contribution in [0.1, 0.15) is 12.5 Å². The summed E-state index contributed by atoms with van der Waals surface area (Å²) in [4.78, 5) is 4.40. The quantitative estimate of drug-likeness (QED) is 0.775. The number of ether oxygens (including phenoxy) is 1. The van der Waals surface area contributed by atoms with E-state index in [9.17, 15) is 0 Å². The fourth-order valence-corrected chi connectivity index (χ4v) is 2.32. The van der Waals surface area contributed by atoms with Crippen LogP contribution >= 0.6 is 0 Å². The summed E-state index contributed by atoms with van der Waals surface area (Å²) in [7, 11) is 1.73. The van der Waals surface area contributed by atoms with Crippen molar-refractivity contribution in [1.29, 1.82) is 0 Å². The largest absolute Gasteiger partial charge is 0.383 e. The molecule has 3 heteroatoms. The number of pyridine rings is 1. The highest BCUT2D eigenvalue weighted by molar-refractivity contribution is 5.81. The molecule has 0 saturated heterocycles. The molecular formula is C16H22N2O. The van der Waals surface area contributed by atoms with Crippen LogP contribution in [0.25, 0.3) is 10.9 Å². The van der Waals surface area contributed by atoms with Gasteiger partial charge in [-0.05, 0) is 36.6 Å². The summed E-state index contributed by atoms with van der Waals surface area (Å²) in [5.74, 6) is 0.600. The number of methoxy groups -OCH3 is 1. The van der Waals surface area contributed by atoms with E-state index in [1.54, 1.807) is 7.11 Å². The van der Waals surface area contributed by atoms with E-state index >= 15 is 0 Å². The maximum Gasteiger partial charge on any atom is 0.0704 e. The molecule has 102 valence electrons. The second kappa shape index (κ2) is 7.22. The molecule has 0 saturated carbocycles. The molecule has 1 unspecified atom stereocenters. The van der Waals surface area contributed by atoms with E-state index in [0.29, 0.717) is 5.92 Å². The number of benzene rings is 1. The molecule has 0 spiro atoms. The second-order valence-electron chi connectivity index (χ2n) is 4.99. The molecule has 1 aromatic heterocycles. The summed E-state index contributed by atoms with van der Waals surface area (Å²) >= 11 is 0. The van der Waals surface area contributed by atoms with Crippen LogP contribution in [-0.4, -0.2) is 31.8 Å². The van der Waals surface area contributed by atoms with Gasteiger partial charge in [-0.2, -0.15) is 0 Å². The lowest BCUT2D eigenvalue weighted by atomic mass is 9.97. The first-order chi connectivity index (χ1) is 9.31. The monoisotopic (exact) mass is 258 g/mol. The van der Waals surface area contributed by atoms with Gasteiger partial charge in [-0.15, -0.1) is 0 Å². The third-order valence-corrected chi connectivity index (χ3v) is 3.28. The van der Waals surface area contributed by atoms with Crippen molar-refractivity contribution in [3.63, 3.8) is 0 Å². The summed E-state index contributed by atoms with van der Waals surface area (Å²) in [6.45, 7) is 4.97. The fraction of sp³-hybridized carbons (Fsp3) is 0.438. The van der Waals surface area contributed by atoms with Crippen molar-refractivity contribution in [2.75, 3.05) is 26.8 Å². The number of fused-ring (bicyclic) bond motifs is 1. The van der Waals surface area contributed by atoms with E-state index in [1.165, 1.54) is 10.9 Å². The molecule has 1 atom stereocenters. The number of aromatic nitrogens is 1. The standard InChI is InChI=1S/C16H22N2O/c1-13(12-17-9-10-19-2)11-14-5-3-7-16-15(14)6-4-8-18-16/h3-8,13,17H,9-12H2,1-2H3. The van der Waals surface area contributed by atoms with Gasteiger partial charge in [-0.1, -0.05) is 25.1 Å². The average Bonchev–Trinajstić information content (AvgIpc) is 2.44. The Kier molecular flexibility index (Phi) is 5.31. The Balaban J connectivity index is 1.97. The van der Waals surface area contributed by atoms with E-state index in [0.717, 1.165) is 31.6 Å². The maximum atomic E-state index is 5.03. The van der Waals surface area contributed by atoms with Gasteiger partial charge in [0, 0.05) is 25.2 Å². The van der Waals surface area contributed by atoms with Gasteiger partial charge in [0.1, 0.15) is 0 Å². The zero-order valence-electron chi connectivity index (χ0n) is 11.7. The summed E-state index contributed by atoms with van der Waals surface area (Å²) < 4.78 is 5.03. The van der Waals surface area contributed by atoms with E-state index in [1.807, 2.05) is 12.3 Å². The number of hydrogen-bond donors (Lipinski definition) is 1. The molecule has 1 N–H and O–H groups in total. The number of rotatable bonds is 7. The smallest absolute Gasteiger partial charge is 0.0704 e. The molecule has 2 rings (SSSR count). The molecule has 2 aromatic rings. The first kappa shape index (κ1) is 14.0. The van der Waals surface area contributed by atoms with Crippen molar-refractivity contribution in [3.05, 3.63) is 42.1 Å². The Labute approximate surface area is 115 Å². The van der Waals surface area contributed by atoms with Crippen molar-refractivity contribution >= 4 is 10.9 Å². The molecule has 19 heavy (non-hydrogen) atoms. The number of nitrogens with zero attached hydrogens (tertiary/aromatic N) is 1. The van der Waals surface area contributed by atoms with Crippen LogP contribution in [0.4, 0.5) is 0 Å². The van der Waals surface area contributed by atoms with Crippen LogP contribution in [-0.2, 0) is 11.2 Å². The summed E-state index contributed by atoms with van der Waals surface area (Å²) in [5.41, 5.74) is 2.46. The molecular weight excluding hydrogens is 236 g/mol. The average molecular weight is 258 g/mol. The van der Waals surface area contributed by atoms with Gasteiger partial charge in [-0.25, -0.2) is 0 Å². The third-order valence-electron chi connectivity index (χ3n) is 3.28. The summed E-state index contributed by atoms with van der Waals surface area (Å²) in [6, 6.07) is 10.5. The Morgan fingerprint density at radius 3 is 3.00 bits per heavy atom. The van der Waals surface area contributed by atoms with Crippen LogP contribution < -0.4 is 5.32 Å². The second-order valence-corrected chi connectivity index (χ2v) is 4.99. The zero-order chi connectivity index (χ0) is 13.5. The number of hydrogen-bond acceptors (Lipinski definition) is 3. The Bertz CT molecular complexity index is 508. The molecule has 0 aliphatic heterocycles. The van der Waals surface area contributed by atoms with Gasteiger partial charge in [-0.3, -0.25) is 4.98 Å². The lowest BCUT2D eigenvalue weighted by molar-refractivity contribution is 0.198. The van der Waals surface area contributed by atoms with Crippen LogP contribution in [0, 0.1) is 5.92 Å². The predicted molar refractivity (Wildman–Crippen MR) is 79.4 cm³/mol. The molecule has 0 aliphatic carbocycles. The highest BCUT2D eigenvalue weighted by Gasteiger charge is 2.06. The normalized spacial score (nSPS) is 12.7. The minimum atomic E-state index is 0.600. The van der Waals surface area contributed by atoms with Crippen LogP contribution in [0.3, 0.4) is 0 Å². The lowest BCUT2D eigenvalue weighted by Crippen LogP contribution is -2.25. The predicted octanol–water partition coefficient (Wildman–Crippen LogP) is 2.65. The Hall–Kier alpha value is -1.45. The molecule has 1 heterocycles. The van der Waals surface area contributed by atoms with Crippen LogP contribution in [0.5, 0.6) is 0 Å². The Morgan fingerprint density at radius 2 is 2.16 bits per heavy atom. The third kappa shape index (κ3) is 4.01.